The Bertz CT molecular complexity index is 800. The van der Waals surface area contributed by atoms with Crippen LogP contribution in [0.25, 0.3) is 0 Å². The number of nitrogens with zero attached hydrogens (tertiary/aromatic N) is 1. The van der Waals surface area contributed by atoms with Crippen molar-refractivity contribution in [3.63, 3.8) is 0 Å². The van der Waals surface area contributed by atoms with Crippen LogP contribution in [0.1, 0.15) is 127 Å². The Labute approximate surface area is 248 Å². The van der Waals surface area contributed by atoms with E-state index in [4.69, 9.17) is 18.9 Å². The number of rotatable bonds is 25. The van der Waals surface area contributed by atoms with Crippen LogP contribution in [0.15, 0.2) is 18.2 Å². The lowest BCUT2D eigenvalue weighted by Gasteiger charge is -2.21. The van der Waals surface area contributed by atoms with E-state index in [1.54, 1.807) is 18.2 Å². The van der Waals surface area contributed by atoms with Gasteiger partial charge < -0.3 is 23.8 Å². The fourth-order valence-corrected chi connectivity index (χ4v) is 4.54. The molecule has 0 heterocycles. The van der Waals surface area contributed by atoms with Gasteiger partial charge in [-0.1, -0.05) is 104 Å². The molecule has 0 aromatic heterocycles. The normalized spacial score (nSPS) is 10.7. The Hall–Kier alpha value is -2.77. The summed E-state index contributed by atoms with van der Waals surface area (Å²) in [6.45, 7) is 4.78. The lowest BCUT2D eigenvalue weighted by atomic mass is 10.1. The Morgan fingerprint density at radius 2 is 0.927 bits per heavy atom. The van der Waals surface area contributed by atoms with Gasteiger partial charge in [0, 0.05) is 11.6 Å². The van der Waals surface area contributed by atoms with Gasteiger partial charge in [0.15, 0.2) is 0 Å². The number of carbonyl (C=O) groups excluding carboxylic acids is 3. The van der Waals surface area contributed by atoms with Crippen molar-refractivity contribution in [2.75, 3.05) is 40.5 Å². The average molecular weight is 578 g/mol. The van der Waals surface area contributed by atoms with E-state index in [-0.39, 0.29) is 18.7 Å². The van der Waals surface area contributed by atoms with Crippen LogP contribution in [0.2, 0.25) is 0 Å². The predicted molar refractivity (Wildman–Crippen MR) is 163 cm³/mol. The minimum absolute atomic E-state index is 0.275. The number of esters is 2. The molecular formula is C33H55NO7. The van der Waals surface area contributed by atoms with Crippen LogP contribution in [-0.4, -0.2) is 63.3 Å². The van der Waals surface area contributed by atoms with E-state index in [0.717, 1.165) is 30.6 Å². The molecule has 234 valence electrons. The predicted octanol–water partition coefficient (Wildman–Crippen LogP) is 7.51. The Kier molecular flexibility index (Phi) is 21.1. The van der Waals surface area contributed by atoms with E-state index in [0.29, 0.717) is 24.7 Å². The summed E-state index contributed by atoms with van der Waals surface area (Å²) in [4.78, 5) is 38.4. The van der Waals surface area contributed by atoms with E-state index < -0.39 is 17.8 Å². The highest BCUT2D eigenvalue weighted by molar-refractivity contribution is 5.98. The summed E-state index contributed by atoms with van der Waals surface area (Å²) >= 11 is 0. The second kappa shape index (κ2) is 23.9. The Balaban J connectivity index is 2.81. The second-order valence-corrected chi connectivity index (χ2v) is 10.7. The zero-order valence-electron chi connectivity index (χ0n) is 26.2. The monoisotopic (exact) mass is 577 g/mol. The molecule has 0 spiro atoms. The third-order valence-corrected chi connectivity index (χ3v) is 7.04. The number of hydrogen-bond donors (Lipinski definition) is 0. The van der Waals surface area contributed by atoms with Gasteiger partial charge >= 0.3 is 11.9 Å². The van der Waals surface area contributed by atoms with Crippen molar-refractivity contribution in [2.45, 2.75) is 117 Å². The number of ether oxygens (including phenoxy) is 4. The van der Waals surface area contributed by atoms with Crippen LogP contribution >= 0.6 is 0 Å². The molecule has 0 bridgehead atoms. The van der Waals surface area contributed by atoms with Gasteiger partial charge in [-0.05, 0) is 25.0 Å². The fraction of sp³-hybridized carbons (Fsp3) is 0.727. The van der Waals surface area contributed by atoms with Gasteiger partial charge in [-0.25, -0.2) is 0 Å². The quantitative estimate of drug-likeness (QED) is 0.0877. The van der Waals surface area contributed by atoms with Crippen molar-refractivity contribution in [1.82, 2.24) is 4.90 Å². The van der Waals surface area contributed by atoms with Crippen molar-refractivity contribution in [1.29, 1.82) is 0 Å². The largest absolute Gasteiger partial charge is 0.493 e. The molecule has 8 heteroatoms. The molecule has 1 rings (SSSR count). The van der Waals surface area contributed by atoms with E-state index in [1.165, 1.54) is 91.3 Å². The first kappa shape index (κ1) is 36.3. The highest BCUT2D eigenvalue weighted by atomic mass is 16.5. The maximum atomic E-state index is 13.4. The van der Waals surface area contributed by atoms with Crippen LogP contribution in [0.5, 0.6) is 11.5 Å². The summed E-state index contributed by atoms with van der Waals surface area (Å²) < 4.78 is 21.5. The maximum absolute atomic E-state index is 13.4. The van der Waals surface area contributed by atoms with Crippen LogP contribution in [0, 0.1) is 0 Å². The van der Waals surface area contributed by atoms with Crippen LogP contribution in [-0.2, 0) is 19.1 Å². The summed E-state index contributed by atoms with van der Waals surface area (Å²) in [5.74, 6) is -0.706. The van der Waals surface area contributed by atoms with Gasteiger partial charge in [0.05, 0.1) is 27.4 Å². The third-order valence-electron chi connectivity index (χ3n) is 7.04. The van der Waals surface area contributed by atoms with Crippen LogP contribution < -0.4 is 9.47 Å². The fourth-order valence-electron chi connectivity index (χ4n) is 4.54. The van der Waals surface area contributed by atoms with Gasteiger partial charge in [-0.15, -0.1) is 0 Å². The molecule has 1 aromatic rings. The summed E-state index contributed by atoms with van der Waals surface area (Å²) in [6, 6.07) is 5.08. The number of methoxy groups -OCH3 is 2. The Morgan fingerprint density at radius 3 is 1.29 bits per heavy atom. The smallest absolute Gasteiger partial charge is 0.325 e. The maximum Gasteiger partial charge on any atom is 0.325 e. The standard InChI is InChI=1S/C33H55NO7/c1-5-7-9-11-13-15-17-19-21-40-29-23-28(33(37)34(26-31(35)38-3)27-32(36)39-4)24-30(25-29)41-22-20-18-16-14-12-10-8-6-2/h23-25H,5-22,26-27H2,1-4H3. The molecule has 0 saturated heterocycles. The summed E-state index contributed by atoms with van der Waals surface area (Å²) in [5, 5.41) is 0. The molecule has 0 saturated carbocycles. The van der Waals surface area contributed by atoms with E-state index in [2.05, 4.69) is 13.8 Å². The zero-order chi connectivity index (χ0) is 30.1. The molecule has 0 radical (unpaired) electrons. The van der Waals surface area contributed by atoms with Gasteiger partial charge in [0.2, 0.25) is 0 Å². The minimum Gasteiger partial charge on any atom is -0.493 e. The van der Waals surface area contributed by atoms with Crippen molar-refractivity contribution in [3.05, 3.63) is 23.8 Å². The molecule has 0 N–H and O–H groups in total. The van der Waals surface area contributed by atoms with Gasteiger partial charge in [0.1, 0.15) is 24.6 Å². The first-order valence-corrected chi connectivity index (χ1v) is 15.8. The average Bonchev–Trinajstić information content (AvgIpc) is 2.98. The number of carbonyl (C=O) groups is 3. The molecule has 0 atom stereocenters. The summed E-state index contributed by atoms with van der Waals surface area (Å²) in [6.07, 6.45) is 19.2. The molecule has 0 unspecified atom stereocenters. The molecule has 0 aliphatic carbocycles. The molecule has 0 fully saturated rings. The van der Waals surface area contributed by atoms with Gasteiger partial charge in [-0.3, -0.25) is 14.4 Å². The molecule has 0 aliphatic rings. The molecule has 1 aromatic carbocycles. The molecular weight excluding hydrogens is 522 g/mol. The topological polar surface area (TPSA) is 91.4 Å². The Morgan fingerprint density at radius 1 is 0.561 bits per heavy atom. The number of hydrogen-bond acceptors (Lipinski definition) is 7. The molecule has 1 amide bonds. The van der Waals surface area contributed by atoms with Gasteiger partial charge in [-0.2, -0.15) is 0 Å². The van der Waals surface area contributed by atoms with Crippen molar-refractivity contribution in [3.8, 4) is 11.5 Å². The van der Waals surface area contributed by atoms with Gasteiger partial charge in [0.25, 0.3) is 5.91 Å². The first-order chi connectivity index (χ1) is 19.9. The molecule has 8 nitrogen and oxygen atoms in total. The minimum atomic E-state index is -0.629. The van der Waals surface area contributed by atoms with Crippen molar-refractivity contribution in [2.24, 2.45) is 0 Å². The summed E-state index contributed by atoms with van der Waals surface area (Å²) in [5.41, 5.74) is 0.275. The second-order valence-electron chi connectivity index (χ2n) is 10.7. The van der Waals surface area contributed by atoms with Crippen LogP contribution in [0.4, 0.5) is 0 Å². The molecule has 41 heavy (non-hydrogen) atoms. The van der Waals surface area contributed by atoms with E-state index in [9.17, 15) is 14.4 Å². The third kappa shape index (κ3) is 17.6. The highest BCUT2D eigenvalue weighted by Gasteiger charge is 2.23. The zero-order valence-corrected chi connectivity index (χ0v) is 26.2. The lowest BCUT2D eigenvalue weighted by molar-refractivity contribution is -0.144. The van der Waals surface area contributed by atoms with E-state index >= 15 is 0 Å². The van der Waals surface area contributed by atoms with Crippen LogP contribution in [0.3, 0.4) is 0 Å². The molecule has 0 aliphatic heterocycles. The van der Waals surface area contributed by atoms with Crippen molar-refractivity contribution >= 4 is 17.8 Å². The van der Waals surface area contributed by atoms with Crippen molar-refractivity contribution < 1.29 is 33.3 Å². The highest BCUT2D eigenvalue weighted by Crippen LogP contribution is 2.25. The summed E-state index contributed by atoms with van der Waals surface area (Å²) in [7, 11) is 2.47. The lowest BCUT2D eigenvalue weighted by Crippen LogP contribution is -2.40. The SMILES string of the molecule is CCCCCCCCCCOc1cc(OCCCCCCCCCC)cc(C(=O)N(CC(=O)OC)CC(=O)OC)c1. The number of amides is 1. The number of benzene rings is 1. The van der Waals surface area contributed by atoms with E-state index in [1.807, 2.05) is 0 Å². The number of unbranched alkanes of at least 4 members (excludes halogenated alkanes) is 14. The first-order valence-electron chi connectivity index (χ1n) is 15.8.